The summed E-state index contributed by atoms with van der Waals surface area (Å²) in [5, 5.41) is 12.1. The highest BCUT2D eigenvalue weighted by Crippen LogP contribution is 2.36. The van der Waals surface area contributed by atoms with Crippen LogP contribution in [0.2, 0.25) is 18.1 Å². The van der Waals surface area contributed by atoms with E-state index >= 15 is 0 Å². The van der Waals surface area contributed by atoms with Crippen LogP contribution in [0.15, 0.2) is 18.2 Å². The highest BCUT2D eigenvalue weighted by Gasteiger charge is 2.37. The van der Waals surface area contributed by atoms with Gasteiger partial charge >= 0.3 is 5.97 Å². The quantitative estimate of drug-likeness (QED) is 0.719. The maximum absolute atomic E-state index is 12.4. The smallest absolute Gasteiger partial charge is 0.326 e. The van der Waals surface area contributed by atoms with Crippen molar-refractivity contribution in [2.75, 3.05) is 6.61 Å². The molecule has 0 radical (unpaired) electrons. The normalized spacial score (nSPS) is 13.4. The topological polar surface area (TPSA) is 75.6 Å². The van der Waals surface area contributed by atoms with E-state index in [0.29, 0.717) is 12.2 Å². The molecule has 6 heteroatoms. The summed E-state index contributed by atoms with van der Waals surface area (Å²) in [6, 6.07) is 4.53. The molecule has 1 amide bonds. The lowest BCUT2D eigenvalue weighted by Gasteiger charge is -2.36. The Labute approximate surface area is 151 Å². The summed E-state index contributed by atoms with van der Waals surface area (Å²) < 4.78 is 6.02. The van der Waals surface area contributed by atoms with Gasteiger partial charge in [-0.1, -0.05) is 38.0 Å². The van der Waals surface area contributed by atoms with Gasteiger partial charge in [-0.25, -0.2) is 4.79 Å². The lowest BCUT2D eigenvalue weighted by Crippen LogP contribution is -2.44. The molecule has 0 spiro atoms. The molecule has 0 heterocycles. The van der Waals surface area contributed by atoms with Crippen LogP contribution in [0.3, 0.4) is 0 Å². The van der Waals surface area contributed by atoms with Gasteiger partial charge in [0.05, 0.1) is 0 Å². The number of aryl methyl sites for hydroxylation is 2. The molecular formula is C19H31NO4Si. The van der Waals surface area contributed by atoms with Crippen LogP contribution < -0.4 is 5.32 Å². The zero-order chi connectivity index (χ0) is 19.4. The van der Waals surface area contributed by atoms with E-state index in [1.54, 1.807) is 12.1 Å². The van der Waals surface area contributed by atoms with E-state index in [1.807, 2.05) is 19.9 Å². The number of carbonyl (C=O) groups is 2. The first kappa shape index (κ1) is 21.4. The van der Waals surface area contributed by atoms with E-state index in [9.17, 15) is 14.7 Å². The number of carboxylic acid groups (broad SMARTS) is 1. The summed E-state index contributed by atoms with van der Waals surface area (Å²) in [6.07, 6.45) is 0.248. The summed E-state index contributed by atoms with van der Waals surface area (Å²) in [6.45, 7) is 14.8. The maximum Gasteiger partial charge on any atom is 0.326 e. The highest BCUT2D eigenvalue weighted by molar-refractivity contribution is 6.74. The molecule has 0 aliphatic rings. The van der Waals surface area contributed by atoms with Gasteiger partial charge in [0, 0.05) is 18.6 Å². The molecule has 1 aromatic rings. The molecule has 0 aliphatic heterocycles. The van der Waals surface area contributed by atoms with Gasteiger partial charge in [0.25, 0.3) is 5.91 Å². The fourth-order valence-electron chi connectivity index (χ4n) is 2.25. The molecule has 0 fully saturated rings. The predicted octanol–water partition coefficient (Wildman–Crippen LogP) is 3.90. The number of benzene rings is 1. The second-order valence-corrected chi connectivity index (χ2v) is 12.9. The van der Waals surface area contributed by atoms with Crippen LogP contribution in [0.25, 0.3) is 0 Å². The van der Waals surface area contributed by atoms with Gasteiger partial charge in [-0.2, -0.15) is 0 Å². The van der Waals surface area contributed by atoms with Gasteiger partial charge in [0.15, 0.2) is 8.32 Å². The van der Waals surface area contributed by atoms with Crippen LogP contribution in [-0.4, -0.2) is 37.9 Å². The molecule has 0 aromatic heterocycles. The van der Waals surface area contributed by atoms with Gasteiger partial charge < -0.3 is 14.8 Å². The molecule has 140 valence electrons. The number of carbonyl (C=O) groups excluding carboxylic acids is 1. The number of rotatable bonds is 7. The molecule has 1 rings (SSSR count). The molecule has 1 aromatic carbocycles. The van der Waals surface area contributed by atoms with Crippen LogP contribution in [0.5, 0.6) is 0 Å². The number of aliphatic carboxylic acids is 1. The van der Waals surface area contributed by atoms with Gasteiger partial charge in [0.2, 0.25) is 0 Å². The Kier molecular flexibility index (Phi) is 6.96. The highest BCUT2D eigenvalue weighted by atomic mass is 28.4. The zero-order valence-corrected chi connectivity index (χ0v) is 17.4. The standard InChI is InChI=1S/C19H31NO4Si/c1-13-10-14(2)12-15(11-13)17(21)20-16(18(22)23)8-9-24-25(6,7)19(3,4)5/h10-12,16H,8-9H2,1-7H3,(H,20,21)(H,22,23)/t16-/m1/s1. The van der Waals surface area contributed by atoms with Crippen molar-refractivity contribution in [2.24, 2.45) is 0 Å². The van der Waals surface area contributed by atoms with Crippen LogP contribution in [0, 0.1) is 13.8 Å². The van der Waals surface area contributed by atoms with Crippen LogP contribution >= 0.6 is 0 Å². The average molecular weight is 366 g/mol. The minimum Gasteiger partial charge on any atom is -0.480 e. The molecule has 0 bridgehead atoms. The third-order valence-electron chi connectivity index (χ3n) is 4.76. The van der Waals surface area contributed by atoms with Crippen molar-refractivity contribution in [3.8, 4) is 0 Å². The summed E-state index contributed by atoms with van der Waals surface area (Å²) in [5.41, 5.74) is 2.42. The molecular weight excluding hydrogens is 334 g/mol. The van der Waals surface area contributed by atoms with Gasteiger partial charge in [0.1, 0.15) is 6.04 Å². The second kappa shape index (κ2) is 8.14. The Morgan fingerprint density at radius 2 is 1.68 bits per heavy atom. The third kappa shape index (κ3) is 6.29. The van der Waals surface area contributed by atoms with Crippen molar-refractivity contribution in [1.29, 1.82) is 0 Å². The monoisotopic (exact) mass is 365 g/mol. The Hall–Kier alpha value is -1.66. The van der Waals surface area contributed by atoms with Crippen molar-refractivity contribution in [3.63, 3.8) is 0 Å². The van der Waals surface area contributed by atoms with E-state index in [0.717, 1.165) is 11.1 Å². The van der Waals surface area contributed by atoms with Crippen molar-refractivity contribution in [1.82, 2.24) is 5.32 Å². The minimum atomic E-state index is -1.93. The Bertz CT molecular complexity index is 615. The zero-order valence-electron chi connectivity index (χ0n) is 16.4. The molecule has 0 saturated carbocycles. The van der Waals surface area contributed by atoms with Gasteiger partial charge in [-0.05, 0) is 44.1 Å². The van der Waals surface area contributed by atoms with Crippen molar-refractivity contribution in [2.45, 2.75) is 65.2 Å². The fourth-order valence-corrected chi connectivity index (χ4v) is 3.31. The molecule has 0 aliphatic carbocycles. The summed E-state index contributed by atoms with van der Waals surface area (Å²) in [5.74, 6) is -1.41. The number of hydrogen-bond donors (Lipinski definition) is 2. The van der Waals surface area contributed by atoms with E-state index in [2.05, 4.69) is 39.2 Å². The van der Waals surface area contributed by atoms with Crippen molar-refractivity contribution < 1.29 is 19.1 Å². The van der Waals surface area contributed by atoms with Crippen molar-refractivity contribution >= 4 is 20.2 Å². The van der Waals surface area contributed by atoms with Crippen molar-refractivity contribution in [3.05, 3.63) is 34.9 Å². The van der Waals surface area contributed by atoms with Gasteiger partial charge in [-0.3, -0.25) is 4.79 Å². The third-order valence-corrected chi connectivity index (χ3v) is 9.30. The molecule has 0 unspecified atom stereocenters. The average Bonchev–Trinajstić information content (AvgIpc) is 2.43. The minimum absolute atomic E-state index is 0.0636. The van der Waals surface area contributed by atoms with Gasteiger partial charge in [-0.15, -0.1) is 0 Å². The number of carboxylic acids is 1. The van der Waals surface area contributed by atoms with E-state index in [1.165, 1.54) is 0 Å². The second-order valence-electron chi connectivity index (χ2n) is 8.14. The molecule has 0 saturated heterocycles. The number of hydrogen-bond acceptors (Lipinski definition) is 3. The van der Waals surface area contributed by atoms with E-state index in [-0.39, 0.29) is 17.4 Å². The fraction of sp³-hybridized carbons (Fsp3) is 0.579. The van der Waals surface area contributed by atoms with Crippen LogP contribution in [-0.2, 0) is 9.22 Å². The lowest BCUT2D eigenvalue weighted by molar-refractivity contribution is -0.139. The first-order valence-electron chi connectivity index (χ1n) is 8.59. The number of nitrogens with one attached hydrogen (secondary N) is 1. The summed E-state index contributed by atoms with van der Waals surface area (Å²) in [4.78, 5) is 23.9. The lowest BCUT2D eigenvalue weighted by atomic mass is 10.1. The Morgan fingerprint density at radius 3 is 2.12 bits per heavy atom. The molecule has 1 atom stereocenters. The van der Waals surface area contributed by atoms with Crippen LogP contribution in [0.4, 0.5) is 0 Å². The Morgan fingerprint density at radius 1 is 1.16 bits per heavy atom. The predicted molar refractivity (Wildman–Crippen MR) is 103 cm³/mol. The maximum atomic E-state index is 12.4. The van der Waals surface area contributed by atoms with E-state index in [4.69, 9.17) is 4.43 Å². The largest absolute Gasteiger partial charge is 0.480 e. The first-order chi connectivity index (χ1) is 11.3. The first-order valence-corrected chi connectivity index (χ1v) is 11.5. The molecule has 2 N–H and O–H groups in total. The number of amides is 1. The SMILES string of the molecule is Cc1cc(C)cc(C(=O)N[C@H](CCO[Si](C)(C)C(C)(C)C)C(=O)O)c1. The summed E-state index contributed by atoms with van der Waals surface area (Å²) in [7, 11) is -1.93. The molecule has 5 nitrogen and oxygen atoms in total. The Balaban J connectivity index is 2.72. The van der Waals surface area contributed by atoms with E-state index < -0.39 is 20.3 Å². The molecule has 25 heavy (non-hydrogen) atoms. The summed E-state index contributed by atoms with van der Waals surface area (Å²) >= 11 is 0. The van der Waals surface area contributed by atoms with Crippen LogP contribution in [0.1, 0.15) is 48.7 Å².